The average molecular weight is 1220 g/mol. The van der Waals surface area contributed by atoms with Gasteiger partial charge in [0.2, 0.25) is 34.2 Å². The molecule has 0 unspecified atom stereocenters. The van der Waals surface area contributed by atoms with Crippen LogP contribution in [0.4, 0.5) is 0 Å². The van der Waals surface area contributed by atoms with Crippen molar-refractivity contribution in [3.8, 4) is 67.5 Å². The van der Waals surface area contributed by atoms with E-state index in [1.807, 2.05) is 207 Å². The number of aromatic nitrogens is 6. The molecule has 0 spiro atoms. The molecule has 12 rings (SSSR count). The summed E-state index contributed by atoms with van der Waals surface area (Å²) in [6.45, 7) is 25.4. The minimum absolute atomic E-state index is 0.00667. The summed E-state index contributed by atoms with van der Waals surface area (Å²) < 4.78 is 122. The minimum atomic E-state index is -0.208. The first-order valence-electron chi connectivity index (χ1n) is 37.6. The molecule has 0 aliphatic heterocycles. The van der Waals surface area contributed by atoms with Crippen LogP contribution in [0.2, 0.25) is 0 Å². The van der Waals surface area contributed by atoms with Gasteiger partial charge in [-0.2, -0.15) is 0 Å². The van der Waals surface area contributed by atoms with Gasteiger partial charge in [0.05, 0.1) is 11.0 Å². The molecule has 0 N–H and O–H groups in total. The number of benzene rings is 6. The van der Waals surface area contributed by atoms with E-state index >= 15 is 0 Å². The molecule has 0 bridgehead atoms. The van der Waals surface area contributed by atoms with E-state index in [0.717, 1.165) is 83.8 Å². The number of hydrogen-bond donors (Lipinski definition) is 0. The maximum Gasteiger partial charge on any atom is 0.212 e. The van der Waals surface area contributed by atoms with Crippen LogP contribution >= 0.6 is 0 Å². The predicted octanol–water partition coefficient (Wildman–Crippen LogP) is 17.1. The zero-order valence-electron chi connectivity index (χ0n) is 70.8. The Bertz CT molecular complexity index is 4700. The second-order valence-electron chi connectivity index (χ2n) is 23.1. The molecular weight excluding hydrogens is 1100 g/mol. The first-order chi connectivity index (χ1) is 49.4. The maximum atomic E-state index is 8.30. The normalized spacial score (nSPS) is 12.5. The Hall–Kier alpha value is -9.78. The van der Waals surface area contributed by atoms with Gasteiger partial charge in [-0.25, -0.2) is 27.4 Å². The summed E-state index contributed by atoms with van der Waals surface area (Å²) in [6.07, 6.45) is 2.00. The van der Waals surface area contributed by atoms with E-state index in [2.05, 4.69) is 63.2 Å². The Balaban J connectivity index is 0.000000176. The van der Waals surface area contributed by atoms with Crippen molar-refractivity contribution in [2.45, 2.75) is 90.0 Å². The van der Waals surface area contributed by atoms with Crippen LogP contribution in [0, 0.1) is 90.0 Å². The van der Waals surface area contributed by atoms with Crippen molar-refractivity contribution < 1.29 is 46.6 Å². The number of hydrogen-bond acceptors (Lipinski definition) is 0. The van der Waals surface area contributed by atoms with Crippen LogP contribution in [0.1, 0.15) is 91.5 Å². The molecule has 0 atom stereocenters. The average Bonchev–Trinajstić information content (AvgIpc) is 0.785. The van der Waals surface area contributed by atoms with E-state index in [9.17, 15) is 0 Å². The molecule has 0 aliphatic rings. The Morgan fingerprint density at radius 2 is 0.593 bits per heavy atom. The highest BCUT2D eigenvalue weighted by atomic mass is 14.9. The van der Waals surface area contributed by atoms with Crippen molar-refractivity contribution in [3.05, 3.63) is 321 Å². The molecule has 12 aromatic rings. The summed E-state index contributed by atoms with van der Waals surface area (Å²) in [5.41, 5.74) is 23.8. The topological polar surface area (TPSA) is 23.3 Å². The van der Waals surface area contributed by atoms with Gasteiger partial charge in [0.25, 0.3) is 0 Å². The van der Waals surface area contributed by atoms with E-state index in [-0.39, 0.29) is 54.8 Å². The molecule has 6 aromatic heterocycles. The van der Waals surface area contributed by atoms with Crippen LogP contribution in [0.15, 0.2) is 249 Å². The van der Waals surface area contributed by atoms with E-state index in [1.165, 1.54) is 32.4 Å². The Morgan fingerprint density at radius 1 is 0.231 bits per heavy atom. The van der Waals surface area contributed by atoms with Crippen LogP contribution < -0.4 is 27.4 Å². The summed E-state index contributed by atoms with van der Waals surface area (Å²) in [6, 6.07) is 54.9. The fraction of sp³-hybridized carbons (Fsp3) is 0.224. The van der Waals surface area contributed by atoms with Crippen molar-refractivity contribution in [2.24, 2.45) is 42.3 Å². The van der Waals surface area contributed by atoms with Gasteiger partial charge < -0.3 is 0 Å². The van der Waals surface area contributed by atoms with Crippen molar-refractivity contribution >= 4 is 0 Å². The molecule has 6 nitrogen and oxygen atoms in total. The quantitative estimate of drug-likeness (QED) is 0.148. The smallest absolute Gasteiger partial charge is 0.201 e. The lowest BCUT2D eigenvalue weighted by Gasteiger charge is -2.06. The third-order valence-corrected chi connectivity index (χ3v) is 15.5. The van der Waals surface area contributed by atoms with Gasteiger partial charge in [0.15, 0.2) is 37.0 Å². The molecule has 0 saturated heterocycles. The van der Waals surface area contributed by atoms with Gasteiger partial charge in [-0.1, -0.05) is 109 Å². The van der Waals surface area contributed by atoms with Crippen molar-refractivity contribution in [2.75, 3.05) is 0 Å². The molecule has 6 heteroatoms. The molecular formula is C85H98N6+6. The maximum absolute atomic E-state index is 8.30. The van der Waals surface area contributed by atoms with Crippen molar-refractivity contribution in [1.29, 1.82) is 0 Å². The lowest BCUT2D eigenvalue weighted by atomic mass is 10.0. The third-order valence-electron chi connectivity index (χ3n) is 15.5. The summed E-state index contributed by atoms with van der Waals surface area (Å²) in [4.78, 5) is 0. The Morgan fingerprint density at radius 3 is 1.05 bits per heavy atom. The lowest BCUT2D eigenvalue weighted by Crippen LogP contribution is -2.31. The SMILES string of the molecule is [2H]c1c(C)c(C)c([2H])[n+](C)c1-c1ccccc1C.[2H]c1c(C)c([2H])c(-c2ccccc2C)[n+](C)c1[2H].[2H]c1c(C)ccc(-c2ccc(C)cc2C)[n+]1C.[2H]c1c(C)ccc(-c2ccccc2C)[n+]1C.[2H]c1c([2H])c(-c2ccccc2C)[n+](C)c([2H])c1C.[2H]c1c([2H])c([2H])[n+](C)c(-c2ccccc2C)c1[2H]. The van der Waals surface area contributed by atoms with E-state index < -0.39 is 0 Å². The number of rotatable bonds is 6. The highest BCUT2D eigenvalue weighted by Gasteiger charge is 2.17. The molecule has 0 aliphatic carbocycles. The van der Waals surface area contributed by atoms with Crippen LogP contribution in [0.25, 0.3) is 67.5 Å². The van der Waals surface area contributed by atoms with E-state index in [1.54, 1.807) is 48.7 Å². The number of nitrogens with zero attached hydrogens (tertiary/aromatic N) is 6. The zero-order valence-corrected chi connectivity index (χ0v) is 56.8. The van der Waals surface area contributed by atoms with Gasteiger partial charge >= 0.3 is 0 Å². The molecule has 6 heterocycles. The molecule has 0 radical (unpaired) electrons. The Kier molecular flexibility index (Phi) is 18.3. The van der Waals surface area contributed by atoms with Crippen molar-refractivity contribution in [1.82, 2.24) is 0 Å². The monoisotopic (exact) mass is 1220 g/mol. The van der Waals surface area contributed by atoms with Crippen LogP contribution in [0.3, 0.4) is 0 Å². The lowest BCUT2D eigenvalue weighted by molar-refractivity contribution is -0.660. The second kappa shape index (κ2) is 32.6. The fourth-order valence-electron chi connectivity index (χ4n) is 10.4. The molecule has 0 amide bonds. The number of pyridine rings is 6. The minimum Gasteiger partial charge on any atom is -0.201 e. The summed E-state index contributed by atoms with van der Waals surface area (Å²) in [5.74, 6) is 0. The van der Waals surface area contributed by atoms with Gasteiger partial charge in [0.1, 0.15) is 50.5 Å². The predicted molar refractivity (Wildman–Crippen MR) is 380 cm³/mol. The molecule has 6 aromatic carbocycles. The van der Waals surface area contributed by atoms with Crippen LogP contribution in [-0.2, 0) is 42.3 Å². The molecule has 91 heavy (non-hydrogen) atoms. The first-order valence-corrected chi connectivity index (χ1v) is 30.6. The first kappa shape index (κ1) is 51.0. The zero-order chi connectivity index (χ0) is 78.1. The Labute approximate surface area is 565 Å². The van der Waals surface area contributed by atoms with Gasteiger partial charge in [-0.3, -0.25) is 0 Å². The largest absolute Gasteiger partial charge is 0.212 e. The van der Waals surface area contributed by atoms with Gasteiger partial charge in [-0.05, 0) is 195 Å². The standard InChI is InChI=1S/2C15H18N.3C14H16N.C13H14N/c1-11-5-7-14(13(3)9-11)15-8-6-12(2)10-16(15)4;1-11-7-5-6-8-14(11)15-9-12(2)13(3)10-16(15)4;1-11-8-9-15(3)14(10-11)13-7-5-4-6-12(13)2;2*1-11-8-9-14(15(3)10-11)13-7-5-4-6-12(13)2;1-11-7-3-4-8-12(11)13-9-5-6-10-14(13)2/h2*5-10H,1-4H3;3*4-10H,1-3H3;3-10H,1-2H3/q6*+1/i10D;9D,10D;2*8D,9D,10D;10D;5D,6D,9D,10D. The van der Waals surface area contributed by atoms with Crippen molar-refractivity contribution in [3.63, 3.8) is 0 Å². The van der Waals surface area contributed by atoms with Gasteiger partial charge in [-0.15, -0.1) is 0 Å². The van der Waals surface area contributed by atoms with Gasteiger partial charge in [0, 0.05) is 104 Å². The molecule has 462 valence electrons. The molecule has 0 saturated carbocycles. The summed E-state index contributed by atoms with van der Waals surface area (Å²) in [7, 11) is 10.9. The van der Waals surface area contributed by atoms with E-state index in [0.29, 0.717) is 58.8 Å². The fourth-order valence-corrected chi connectivity index (χ4v) is 10.4. The number of aryl methyl sites for hydroxylation is 9. The molecule has 0 fully saturated rings. The van der Waals surface area contributed by atoms with Crippen LogP contribution in [-0.4, -0.2) is 0 Å². The van der Waals surface area contributed by atoms with Crippen LogP contribution in [0.5, 0.6) is 0 Å². The third kappa shape index (κ3) is 18.9. The highest BCUT2D eigenvalue weighted by Crippen LogP contribution is 2.26. The highest BCUT2D eigenvalue weighted by molar-refractivity contribution is 5.65. The second-order valence-corrected chi connectivity index (χ2v) is 23.1. The van der Waals surface area contributed by atoms with E-state index in [4.69, 9.17) is 19.2 Å². The summed E-state index contributed by atoms with van der Waals surface area (Å²) >= 11 is 0. The summed E-state index contributed by atoms with van der Waals surface area (Å²) in [5, 5.41) is 0.